The third-order valence-electron chi connectivity index (χ3n) is 2.91. The Labute approximate surface area is 119 Å². The second kappa shape index (κ2) is 7.34. The third kappa shape index (κ3) is 4.12. The van der Waals surface area contributed by atoms with E-state index in [0.717, 1.165) is 11.4 Å². The topological polar surface area (TPSA) is 82.2 Å². The lowest BCUT2D eigenvalue weighted by Crippen LogP contribution is -2.31. The highest BCUT2D eigenvalue weighted by Gasteiger charge is 2.16. The van der Waals surface area contributed by atoms with Gasteiger partial charge in [0.2, 0.25) is 0 Å². The van der Waals surface area contributed by atoms with E-state index in [0.29, 0.717) is 19.5 Å². The van der Waals surface area contributed by atoms with Crippen LogP contribution in [0.5, 0.6) is 0 Å². The Kier molecular flexibility index (Phi) is 5.78. The Hall–Kier alpha value is -2.29. The highest BCUT2D eigenvalue weighted by atomic mass is 16.6. The van der Waals surface area contributed by atoms with E-state index >= 15 is 0 Å². The largest absolute Gasteiger partial charge is 0.385 e. The van der Waals surface area contributed by atoms with Crippen LogP contribution in [0.1, 0.15) is 27.2 Å². The molecule has 1 rings (SSSR count). The first-order chi connectivity index (χ1) is 9.49. The van der Waals surface area contributed by atoms with Crippen LogP contribution in [-0.4, -0.2) is 24.1 Å². The summed E-state index contributed by atoms with van der Waals surface area (Å²) in [4.78, 5) is 12.6. The quantitative estimate of drug-likeness (QED) is 0.611. The van der Waals surface area contributed by atoms with Gasteiger partial charge in [-0.1, -0.05) is 0 Å². The van der Waals surface area contributed by atoms with Crippen LogP contribution in [-0.2, 0) is 0 Å². The molecule has 0 unspecified atom stereocenters. The maximum absolute atomic E-state index is 11.0. The molecule has 20 heavy (non-hydrogen) atoms. The molecule has 0 aliphatic carbocycles. The van der Waals surface area contributed by atoms with Crippen LogP contribution < -0.4 is 10.2 Å². The summed E-state index contributed by atoms with van der Waals surface area (Å²) in [5.41, 5.74) is 1.54. The predicted molar refractivity (Wildman–Crippen MR) is 80.0 cm³/mol. The van der Waals surface area contributed by atoms with Gasteiger partial charge in [-0.15, -0.1) is 0 Å². The van der Waals surface area contributed by atoms with Crippen molar-refractivity contribution in [1.82, 2.24) is 0 Å². The van der Waals surface area contributed by atoms with E-state index in [1.165, 1.54) is 6.07 Å². The number of benzene rings is 1. The fraction of sp³-hybridized carbons (Fsp3) is 0.500. The van der Waals surface area contributed by atoms with E-state index in [1.54, 1.807) is 6.07 Å². The van der Waals surface area contributed by atoms with Crippen LogP contribution in [0.3, 0.4) is 0 Å². The van der Waals surface area contributed by atoms with Gasteiger partial charge in [-0.2, -0.15) is 5.26 Å². The van der Waals surface area contributed by atoms with E-state index in [2.05, 4.69) is 11.4 Å². The molecule has 6 nitrogen and oxygen atoms in total. The summed E-state index contributed by atoms with van der Waals surface area (Å²) in [6, 6.07) is 7.24. The molecule has 1 N–H and O–H groups in total. The molecule has 0 bridgehead atoms. The number of anilines is 2. The first kappa shape index (κ1) is 15.8. The molecule has 0 spiro atoms. The van der Waals surface area contributed by atoms with Gasteiger partial charge < -0.3 is 10.2 Å². The van der Waals surface area contributed by atoms with E-state index in [-0.39, 0.29) is 11.7 Å². The van der Waals surface area contributed by atoms with Gasteiger partial charge in [0, 0.05) is 42.6 Å². The number of non-ortho nitro benzene ring substituents is 1. The Morgan fingerprint density at radius 3 is 2.65 bits per heavy atom. The van der Waals surface area contributed by atoms with Crippen molar-refractivity contribution in [2.24, 2.45) is 0 Å². The number of nitrogens with zero attached hydrogens (tertiary/aromatic N) is 3. The summed E-state index contributed by atoms with van der Waals surface area (Å²) >= 11 is 0. The molecule has 0 heterocycles. The van der Waals surface area contributed by atoms with Crippen molar-refractivity contribution in [3.05, 3.63) is 28.3 Å². The second-order valence-corrected chi connectivity index (χ2v) is 4.72. The molecule has 0 aliphatic rings. The first-order valence-electron chi connectivity index (χ1n) is 6.66. The SMILES string of the molecule is CCNc1cc(N(CCC#N)C(C)C)cc([N+](=O)[O-])c1. The summed E-state index contributed by atoms with van der Waals surface area (Å²) in [6.07, 6.45) is 0.386. The van der Waals surface area contributed by atoms with Crippen LogP contribution in [0.4, 0.5) is 17.1 Å². The van der Waals surface area contributed by atoms with Crippen LogP contribution in [0.15, 0.2) is 18.2 Å². The second-order valence-electron chi connectivity index (χ2n) is 4.72. The van der Waals surface area contributed by atoms with Crippen LogP contribution >= 0.6 is 0 Å². The Morgan fingerprint density at radius 1 is 1.45 bits per heavy atom. The highest BCUT2D eigenvalue weighted by Crippen LogP contribution is 2.28. The summed E-state index contributed by atoms with van der Waals surface area (Å²) in [5, 5.41) is 22.8. The minimum absolute atomic E-state index is 0.0565. The number of rotatable bonds is 7. The van der Waals surface area contributed by atoms with E-state index in [4.69, 9.17) is 5.26 Å². The molecule has 0 atom stereocenters. The lowest BCUT2D eigenvalue weighted by atomic mass is 10.2. The van der Waals surface area contributed by atoms with Crippen molar-refractivity contribution < 1.29 is 4.92 Å². The predicted octanol–water partition coefficient (Wildman–Crippen LogP) is 3.16. The molecule has 0 saturated carbocycles. The van der Waals surface area contributed by atoms with Gasteiger partial charge in [0.15, 0.2) is 0 Å². The Bertz CT molecular complexity index is 508. The van der Waals surface area contributed by atoms with E-state index < -0.39 is 4.92 Å². The average molecular weight is 276 g/mol. The number of nitriles is 1. The van der Waals surface area contributed by atoms with Crippen LogP contribution in [0.2, 0.25) is 0 Å². The molecule has 108 valence electrons. The molecule has 0 amide bonds. The van der Waals surface area contributed by atoms with Gasteiger partial charge in [-0.25, -0.2) is 0 Å². The Balaban J connectivity index is 3.18. The summed E-state index contributed by atoms with van der Waals surface area (Å²) in [5.74, 6) is 0. The molecule has 1 aromatic carbocycles. The minimum atomic E-state index is -0.396. The zero-order valence-corrected chi connectivity index (χ0v) is 12.1. The van der Waals surface area contributed by atoms with Gasteiger partial charge in [0.05, 0.1) is 17.4 Å². The van der Waals surface area contributed by atoms with E-state index in [9.17, 15) is 10.1 Å². The maximum Gasteiger partial charge on any atom is 0.273 e. The molecule has 0 radical (unpaired) electrons. The number of hydrogen-bond donors (Lipinski definition) is 1. The van der Waals surface area contributed by atoms with Crippen LogP contribution in [0.25, 0.3) is 0 Å². The van der Waals surface area contributed by atoms with Gasteiger partial charge in [-0.3, -0.25) is 10.1 Å². The van der Waals surface area contributed by atoms with Crippen molar-refractivity contribution >= 4 is 17.1 Å². The number of nitro groups is 1. The lowest BCUT2D eigenvalue weighted by Gasteiger charge is -2.28. The monoisotopic (exact) mass is 276 g/mol. The standard InChI is InChI=1S/C14H20N4O2/c1-4-16-12-8-13(10-14(9-12)18(19)20)17(11(2)3)7-5-6-15/h8-11,16H,4-5,7H2,1-3H3. The normalized spacial score (nSPS) is 10.2. The summed E-state index contributed by atoms with van der Waals surface area (Å²) < 4.78 is 0. The van der Waals surface area contributed by atoms with Gasteiger partial charge in [0.1, 0.15) is 0 Å². The smallest absolute Gasteiger partial charge is 0.273 e. The zero-order chi connectivity index (χ0) is 15.1. The molecule has 6 heteroatoms. The maximum atomic E-state index is 11.0. The minimum Gasteiger partial charge on any atom is -0.385 e. The number of nitro benzene ring substituents is 1. The van der Waals surface area contributed by atoms with Gasteiger partial charge >= 0.3 is 0 Å². The average Bonchev–Trinajstić information content (AvgIpc) is 2.39. The van der Waals surface area contributed by atoms with Gasteiger partial charge in [0.25, 0.3) is 5.69 Å². The fourth-order valence-corrected chi connectivity index (χ4v) is 2.03. The summed E-state index contributed by atoms with van der Waals surface area (Å²) in [7, 11) is 0. The zero-order valence-electron chi connectivity index (χ0n) is 12.1. The molecule has 0 fully saturated rings. The first-order valence-corrected chi connectivity index (χ1v) is 6.66. The molecule has 1 aromatic rings. The molecular formula is C14H20N4O2. The van der Waals surface area contributed by atoms with Crippen molar-refractivity contribution in [3.8, 4) is 6.07 Å². The van der Waals surface area contributed by atoms with E-state index in [1.807, 2.05) is 31.7 Å². The Morgan fingerprint density at radius 2 is 2.15 bits per heavy atom. The summed E-state index contributed by atoms with van der Waals surface area (Å²) in [6.45, 7) is 7.20. The van der Waals surface area contributed by atoms with Gasteiger partial charge in [-0.05, 0) is 26.8 Å². The van der Waals surface area contributed by atoms with Crippen molar-refractivity contribution in [3.63, 3.8) is 0 Å². The lowest BCUT2D eigenvalue weighted by molar-refractivity contribution is -0.384. The molecule has 0 aromatic heterocycles. The molecular weight excluding hydrogens is 256 g/mol. The molecule has 0 aliphatic heterocycles. The molecule has 0 saturated heterocycles. The number of hydrogen-bond acceptors (Lipinski definition) is 5. The van der Waals surface area contributed by atoms with Crippen molar-refractivity contribution in [2.75, 3.05) is 23.3 Å². The number of nitrogens with one attached hydrogen (secondary N) is 1. The fourth-order valence-electron chi connectivity index (χ4n) is 2.03. The van der Waals surface area contributed by atoms with Crippen molar-refractivity contribution in [2.45, 2.75) is 33.2 Å². The third-order valence-corrected chi connectivity index (χ3v) is 2.91. The van der Waals surface area contributed by atoms with Crippen molar-refractivity contribution in [1.29, 1.82) is 5.26 Å². The highest BCUT2D eigenvalue weighted by molar-refractivity contribution is 5.64. The van der Waals surface area contributed by atoms with Crippen LogP contribution in [0, 0.1) is 21.4 Å².